The second kappa shape index (κ2) is 11.8. The van der Waals surface area contributed by atoms with Gasteiger partial charge in [-0.05, 0) is 48.4 Å². The zero-order chi connectivity index (χ0) is 25.3. The first-order valence-corrected chi connectivity index (χ1v) is 11.8. The molecule has 0 bridgehead atoms. The topological polar surface area (TPSA) is 92.0 Å². The van der Waals surface area contributed by atoms with Crippen molar-refractivity contribution in [2.75, 3.05) is 25.5 Å². The molecule has 36 heavy (non-hydrogen) atoms. The molecule has 0 aliphatic rings. The van der Waals surface area contributed by atoms with Crippen LogP contribution in [0.15, 0.2) is 85.2 Å². The van der Waals surface area contributed by atoms with Crippen LogP contribution in [-0.4, -0.2) is 35.9 Å². The summed E-state index contributed by atoms with van der Waals surface area (Å²) in [6, 6.07) is 25.1. The number of rotatable bonds is 10. The fourth-order valence-corrected chi connectivity index (χ4v) is 4.07. The largest absolute Gasteiger partial charge is 0.496 e. The first-order chi connectivity index (χ1) is 17.6. The van der Waals surface area contributed by atoms with E-state index in [1.165, 1.54) is 0 Å². The van der Waals surface area contributed by atoms with Crippen LogP contribution < -0.4 is 15.4 Å². The third kappa shape index (κ3) is 6.17. The minimum absolute atomic E-state index is 0.0942. The highest BCUT2D eigenvalue weighted by molar-refractivity contribution is 5.96. The van der Waals surface area contributed by atoms with Crippen molar-refractivity contribution in [2.24, 2.45) is 7.05 Å². The molecule has 4 aromatic rings. The zero-order valence-corrected chi connectivity index (χ0v) is 20.4. The van der Waals surface area contributed by atoms with Crippen LogP contribution in [-0.2, 0) is 18.3 Å². The quantitative estimate of drug-likeness (QED) is 0.326. The van der Waals surface area contributed by atoms with Gasteiger partial charge in [-0.1, -0.05) is 42.5 Å². The molecule has 0 saturated carbocycles. The summed E-state index contributed by atoms with van der Waals surface area (Å²) in [5, 5.41) is 19.7. The molecule has 0 spiro atoms. The average Bonchev–Trinajstić information content (AvgIpc) is 3.35. The molecule has 1 amide bonds. The van der Waals surface area contributed by atoms with Gasteiger partial charge in [-0.3, -0.25) is 9.48 Å². The number of ether oxygens (including phenoxy) is 1. The van der Waals surface area contributed by atoms with Gasteiger partial charge in [-0.25, -0.2) is 0 Å². The standard InChI is InChI=1S/C29H29N5O2/c1-34-20-24(18-32-34)26-13-12-25(16-28(26)36-2)33-29(35)27(23-6-4-3-5-7-23)19-31-15-14-21-8-10-22(17-30)11-9-21/h3-13,16,18,20,27,31H,14-15,19H2,1-2H3,(H,33,35). The van der Waals surface area contributed by atoms with Gasteiger partial charge in [-0.2, -0.15) is 10.4 Å². The number of amides is 1. The van der Waals surface area contributed by atoms with Crippen LogP contribution in [0.2, 0.25) is 0 Å². The van der Waals surface area contributed by atoms with E-state index in [4.69, 9.17) is 10.00 Å². The summed E-state index contributed by atoms with van der Waals surface area (Å²) >= 11 is 0. The predicted molar refractivity (Wildman–Crippen MR) is 141 cm³/mol. The SMILES string of the molecule is COc1cc(NC(=O)C(CNCCc2ccc(C#N)cc2)c2ccccc2)ccc1-c1cnn(C)c1. The maximum atomic E-state index is 13.4. The molecular formula is C29H29N5O2. The molecule has 7 heteroatoms. The van der Waals surface area contributed by atoms with Crippen molar-refractivity contribution >= 4 is 11.6 Å². The van der Waals surface area contributed by atoms with Crippen molar-refractivity contribution in [3.05, 3.63) is 102 Å². The van der Waals surface area contributed by atoms with Crippen LogP contribution in [0.3, 0.4) is 0 Å². The number of aryl methyl sites for hydroxylation is 1. The highest BCUT2D eigenvalue weighted by Crippen LogP contribution is 2.32. The molecule has 3 aromatic carbocycles. The molecule has 0 fully saturated rings. The first kappa shape index (κ1) is 24.7. The summed E-state index contributed by atoms with van der Waals surface area (Å²) < 4.78 is 7.33. The number of aromatic nitrogens is 2. The number of benzene rings is 3. The van der Waals surface area contributed by atoms with Crippen molar-refractivity contribution in [3.63, 3.8) is 0 Å². The molecule has 1 atom stereocenters. The summed E-state index contributed by atoms with van der Waals surface area (Å²) in [4.78, 5) is 13.4. The number of anilines is 1. The molecular weight excluding hydrogens is 450 g/mol. The van der Waals surface area contributed by atoms with Crippen molar-refractivity contribution in [2.45, 2.75) is 12.3 Å². The van der Waals surface area contributed by atoms with Gasteiger partial charge in [0.1, 0.15) is 5.75 Å². The van der Waals surface area contributed by atoms with E-state index < -0.39 is 0 Å². The number of carbonyl (C=O) groups excluding carboxylic acids is 1. The van der Waals surface area contributed by atoms with Crippen molar-refractivity contribution in [1.29, 1.82) is 5.26 Å². The van der Waals surface area contributed by atoms with E-state index in [0.717, 1.165) is 35.2 Å². The van der Waals surface area contributed by atoms with Gasteiger partial charge in [-0.15, -0.1) is 0 Å². The number of nitriles is 1. The summed E-state index contributed by atoms with van der Waals surface area (Å²) in [5.41, 5.74) is 5.26. The molecule has 0 radical (unpaired) electrons. The van der Waals surface area contributed by atoms with E-state index in [2.05, 4.69) is 21.8 Å². The van der Waals surface area contributed by atoms with Gasteiger partial charge in [0.25, 0.3) is 0 Å². The van der Waals surface area contributed by atoms with Crippen LogP contribution in [0.25, 0.3) is 11.1 Å². The van der Waals surface area contributed by atoms with Gasteiger partial charge in [0.05, 0.1) is 30.9 Å². The smallest absolute Gasteiger partial charge is 0.233 e. The number of hydrogen-bond donors (Lipinski definition) is 2. The highest BCUT2D eigenvalue weighted by Gasteiger charge is 2.21. The minimum Gasteiger partial charge on any atom is -0.496 e. The first-order valence-electron chi connectivity index (χ1n) is 11.8. The Morgan fingerprint density at radius 2 is 1.89 bits per heavy atom. The molecule has 0 saturated heterocycles. The van der Waals surface area contributed by atoms with Gasteiger partial charge in [0, 0.05) is 42.7 Å². The van der Waals surface area contributed by atoms with E-state index in [-0.39, 0.29) is 11.8 Å². The molecule has 7 nitrogen and oxygen atoms in total. The van der Waals surface area contributed by atoms with Gasteiger partial charge < -0.3 is 15.4 Å². The maximum Gasteiger partial charge on any atom is 0.233 e. The van der Waals surface area contributed by atoms with E-state index in [1.807, 2.05) is 86.0 Å². The summed E-state index contributed by atoms with van der Waals surface area (Å²) in [7, 11) is 3.48. The third-order valence-corrected chi connectivity index (χ3v) is 6.03. The minimum atomic E-state index is -0.365. The van der Waals surface area contributed by atoms with Crippen LogP contribution in [0.5, 0.6) is 5.75 Å². The van der Waals surface area contributed by atoms with Gasteiger partial charge in [0.2, 0.25) is 5.91 Å². The normalized spacial score (nSPS) is 11.5. The van der Waals surface area contributed by atoms with Crippen LogP contribution >= 0.6 is 0 Å². The molecule has 2 N–H and O–H groups in total. The second-order valence-electron chi connectivity index (χ2n) is 8.53. The third-order valence-electron chi connectivity index (χ3n) is 6.03. The lowest BCUT2D eigenvalue weighted by Crippen LogP contribution is -2.32. The summed E-state index contributed by atoms with van der Waals surface area (Å²) in [5.74, 6) is 0.206. The number of carbonyl (C=O) groups is 1. The number of nitrogens with zero attached hydrogens (tertiary/aromatic N) is 3. The Morgan fingerprint density at radius 3 is 2.56 bits per heavy atom. The molecule has 1 heterocycles. The van der Waals surface area contributed by atoms with Crippen LogP contribution in [0.4, 0.5) is 5.69 Å². The molecule has 0 aliphatic heterocycles. The average molecular weight is 480 g/mol. The van der Waals surface area contributed by atoms with Crippen LogP contribution in [0.1, 0.15) is 22.6 Å². The van der Waals surface area contributed by atoms with Gasteiger partial charge in [0.15, 0.2) is 0 Å². The van der Waals surface area contributed by atoms with Gasteiger partial charge >= 0.3 is 0 Å². The lowest BCUT2D eigenvalue weighted by atomic mass is 9.97. The predicted octanol–water partition coefficient (Wildman–Crippen LogP) is 4.52. The Hall–Kier alpha value is -4.41. The number of nitrogens with one attached hydrogen (secondary N) is 2. The van der Waals surface area contributed by atoms with E-state index in [0.29, 0.717) is 23.5 Å². The molecule has 182 valence electrons. The summed E-state index contributed by atoms with van der Waals surface area (Å²) in [6.07, 6.45) is 4.51. The monoisotopic (exact) mass is 479 g/mol. The Kier molecular flexibility index (Phi) is 8.12. The Balaban J connectivity index is 1.43. The fraction of sp³-hybridized carbons (Fsp3) is 0.207. The second-order valence-corrected chi connectivity index (χ2v) is 8.53. The summed E-state index contributed by atoms with van der Waals surface area (Å²) in [6.45, 7) is 1.22. The van der Waals surface area contributed by atoms with E-state index in [9.17, 15) is 4.79 Å². The van der Waals surface area contributed by atoms with E-state index >= 15 is 0 Å². The Morgan fingerprint density at radius 1 is 1.11 bits per heavy atom. The molecule has 1 aromatic heterocycles. The molecule has 4 rings (SSSR count). The Bertz CT molecular complexity index is 1340. The maximum absolute atomic E-state index is 13.4. The number of methoxy groups -OCH3 is 1. The van der Waals surface area contributed by atoms with Crippen molar-refractivity contribution < 1.29 is 9.53 Å². The van der Waals surface area contributed by atoms with Crippen molar-refractivity contribution in [1.82, 2.24) is 15.1 Å². The lowest BCUT2D eigenvalue weighted by Gasteiger charge is -2.19. The van der Waals surface area contributed by atoms with Crippen LogP contribution in [0, 0.1) is 11.3 Å². The number of hydrogen-bond acceptors (Lipinski definition) is 5. The lowest BCUT2D eigenvalue weighted by molar-refractivity contribution is -0.117. The highest BCUT2D eigenvalue weighted by atomic mass is 16.5. The molecule has 1 unspecified atom stereocenters. The zero-order valence-electron chi connectivity index (χ0n) is 20.4. The fourth-order valence-electron chi connectivity index (χ4n) is 4.07. The van der Waals surface area contributed by atoms with E-state index in [1.54, 1.807) is 18.0 Å². The Labute approximate surface area is 211 Å². The molecule has 0 aliphatic carbocycles. The van der Waals surface area contributed by atoms with Crippen molar-refractivity contribution in [3.8, 4) is 22.9 Å².